The Labute approximate surface area is 184 Å². The molecule has 1 aromatic rings. The van der Waals surface area contributed by atoms with Gasteiger partial charge in [0.15, 0.2) is 6.04 Å². The molecule has 0 aromatic heterocycles. The van der Waals surface area contributed by atoms with Crippen LogP contribution < -0.4 is 5.32 Å². The maximum absolute atomic E-state index is 14.2. The minimum Gasteiger partial charge on any atom is -0.480 e. The first-order chi connectivity index (χ1) is 14.6. The highest BCUT2D eigenvalue weighted by molar-refractivity contribution is 6.30. The maximum atomic E-state index is 14.2. The van der Waals surface area contributed by atoms with Crippen molar-refractivity contribution >= 4 is 29.5 Å². The molecule has 2 fully saturated rings. The number of rotatable bonds is 7. The second-order valence-electron chi connectivity index (χ2n) is 8.55. The molecular weight excluding hydrogens is 430 g/mol. The Balaban J connectivity index is 1.68. The Hall–Kier alpha value is -2.22. The number of amides is 3. The fraction of sp³-hybridized carbons (Fsp3) is 0.591. The van der Waals surface area contributed by atoms with Crippen LogP contribution in [0.5, 0.6) is 0 Å². The van der Waals surface area contributed by atoms with Crippen molar-refractivity contribution in [3.63, 3.8) is 0 Å². The first-order valence-corrected chi connectivity index (χ1v) is 11.0. The molecule has 1 saturated heterocycles. The van der Waals surface area contributed by atoms with Gasteiger partial charge in [-0.3, -0.25) is 4.79 Å². The summed E-state index contributed by atoms with van der Waals surface area (Å²) in [7, 11) is 0. The van der Waals surface area contributed by atoms with Gasteiger partial charge in [0.25, 0.3) is 5.92 Å². The summed E-state index contributed by atoms with van der Waals surface area (Å²) in [6.45, 7) is 0.743. The lowest BCUT2D eigenvalue weighted by Crippen LogP contribution is -2.69. The average molecular weight is 457 g/mol. The zero-order chi connectivity index (χ0) is 22.8. The Morgan fingerprint density at radius 1 is 1.29 bits per heavy atom. The largest absolute Gasteiger partial charge is 0.480 e. The molecular formula is C22H27ClF2N2O4. The van der Waals surface area contributed by atoms with Crippen LogP contribution in [-0.2, 0) is 16.0 Å². The number of aliphatic carboxylic acids is 1. The lowest BCUT2D eigenvalue weighted by molar-refractivity contribution is -0.166. The molecule has 1 aliphatic carbocycles. The van der Waals surface area contributed by atoms with Crippen LogP contribution in [0.15, 0.2) is 24.3 Å². The summed E-state index contributed by atoms with van der Waals surface area (Å²) in [5.74, 6) is -6.47. The number of hydrogen-bond acceptors (Lipinski definition) is 3. The molecule has 170 valence electrons. The molecule has 0 spiro atoms. The zero-order valence-corrected chi connectivity index (χ0v) is 18.1. The van der Waals surface area contributed by atoms with Crippen molar-refractivity contribution < 1.29 is 28.3 Å². The van der Waals surface area contributed by atoms with Gasteiger partial charge >= 0.3 is 12.0 Å². The Morgan fingerprint density at radius 2 is 1.97 bits per heavy atom. The SMILES string of the molecule is CC(F)(F)C(NC(=O)N1C(=O)[C@H](CCc2cccc(Cl)c2)[C@H]1C(=O)O)C1CCCCC1. The van der Waals surface area contributed by atoms with Crippen LogP contribution in [0.2, 0.25) is 5.02 Å². The summed E-state index contributed by atoms with van der Waals surface area (Å²) in [5.41, 5.74) is 0.843. The van der Waals surface area contributed by atoms with Gasteiger partial charge in [-0.05, 0) is 49.3 Å². The standard InChI is InChI=1S/C22H27ClF2N2O4/c1-22(24,25)18(14-7-3-2-4-8-14)26-21(31)27-17(20(29)30)16(19(27)28)11-10-13-6-5-9-15(23)12-13/h5-6,9,12,14,16-18H,2-4,7-8,10-11H2,1H3,(H,26,31)(H,29,30)/t16-,17+,18?/m1/s1. The second kappa shape index (κ2) is 9.51. The van der Waals surface area contributed by atoms with Gasteiger partial charge in [0, 0.05) is 11.9 Å². The number of nitrogens with zero attached hydrogens (tertiary/aromatic N) is 1. The summed E-state index contributed by atoms with van der Waals surface area (Å²) >= 11 is 5.95. The van der Waals surface area contributed by atoms with Crippen molar-refractivity contribution in [3.8, 4) is 0 Å². The number of hydrogen-bond donors (Lipinski definition) is 2. The van der Waals surface area contributed by atoms with Gasteiger partial charge in [-0.1, -0.05) is 43.0 Å². The number of urea groups is 1. The van der Waals surface area contributed by atoms with Crippen LogP contribution in [0.1, 0.15) is 51.0 Å². The minimum atomic E-state index is -3.18. The van der Waals surface area contributed by atoms with Gasteiger partial charge in [-0.25, -0.2) is 23.3 Å². The van der Waals surface area contributed by atoms with Crippen molar-refractivity contribution in [2.45, 2.75) is 69.9 Å². The van der Waals surface area contributed by atoms with Crippen LogP contribution in [0.25, 0.3) is 0 Å². The average Bonchev–Trinajstić information content (AvgIpc) is 2.69. The van der Waals surface area contributed by atoms with Crippen LogP contribution in [0.4, 0.5) is 13.6 Å². The monoisotopic (exact) mass is 456 g/mol. The first-order valence-electron chi connectivity index (χ1n) is 10.6. The molecule has 3 amide bonds. The molecule has 3 rings (SSSR count). The molecule has 0 radical (unpaired) electrons. The summed E-state index contributed by atoms with van der Waals surface area (Å²) in [6, 6.07) is 3.13. The number of carbonyl (C=O) groups excluding carboxylic acids is 2. The number of halogens is 3. The number of carboxylic acids is 1. The van der Waals surface area contributed by atoms with Crippen LogP contribution >= 0.6 is 11.6 Å². The van der Waals surface area contributed by atoms with Crippen LogP contribution in [0.3, 0.4) is 0 Å². The second-order valence-corrected chi connectivity index (χ2v) is 8.98. The van der Waals surface area contributed by atoms with E-state index in [1.54, 1.807) is 18.2 Å². The van der Waals surface area contributed by atoms with E-state index in [9.17, 15) is 28.3 Å². The number of benzene rings is 1. The number of carboxylic acid groups (broad SMARTS) is 1. The molecule has 1 unspecified atom stereocenters. The lowest BCUT2D eigenvalue weighted by Gasteiger charge is -2.44. The maximum Gasteiger partial charge on any atom is 0.327 e. The molecule has 1 aromatic carbocycles. The molecule has 2 N–H and O–H groups in total. The first kappa shape index (κ1) is 23.4. The van der Waals surface area contributed by atoms with Crippen molar-refractivity contribution in [1.82, 2.24) is 10.2 Å². The van der Waals surface area contributed by atoms with Crippen molar-refractivity contribution in [1.29, 1.82) is 0 Å². The van der Waals surface area contributed by atoms with Crippen LogP contribution in [-0.4, -0.2) is 45.9 Å². The third-order valence-electron chi connectivity index (χ3n) is 6.27. The number of alkyl halides is 2. The van der Waals surface area contributed by atoms with Crippen molar-refractivity contribution in [2.24, 2.45) is 11.8 Å². The van der Waals surface area contributed by atoms with E-state index in [0.717, 1.165) is 31.7 Å². The number of likely N-dealkylation sites (tertiary alicyclic amines) is 1. The van der Waals surface area contributed by atoms with E-state index in [-0.39, 0.29) is 6.42 Å². The highest BCUT2D eigenvalue weighted by Gasteiger charge is 2.55. The zero-order valence-electron chi connectivity index (χ0n) is 17.3. The van der Waals surface area contributed by atoms with E-state index < -0.39 is 47.7 Å². The fourth-order valence-electron chi connectivity index (χ4n) is 4.68. The Kier molecular flexibility index (Phi) is 7.19. The molecule has 2 aliphatic rings. The van der Waals surface area contributed by atoms with Crippen molar-refractivity contribution in [2.75, 3.05) is 0 Å². The topological polar surface area (TPSA) is 86.7 Å². The number of aryl methyl sites for hydroxylation is 1. The number of carbonyl (C=O) groups is 3. The van der Waals surface area contributed by atoms with Gasteiger partial charge in [0.05, 0.1) is 12.0 Å². The van der Waals surface area contributed by atoms with Gasteiger partial charge in [-0.2, -0.15) is 0 Å². The van der Waals surface area contributed by atoms with Gasteiger partial charge < -0.3 is 10.4 Å². The highest BCUT2D eigenvalue weighted by atomic mass is 35.5. The van der Waals surface area contributed by atoms with Crippen LogP contribution in [0, 0.1) is 11.8 Å². The predicted molar refractivity (Wildman–Crippen MR) is 111 cm³/mol. The lowest BCUT2D eigenvalue weighted by atomic mass is 9.81. The summed E-state index contributed by atoms with van der Waals surface area (Å²) in [4.78, 5) is 37.6. The molecule has 9 heteroatoms. The summed E-state index contributed by atoms with van der Waals surface area (Å²) in [5, 5.41) is 12.4. The van der Waals surface area contributed by atoms with Crippen molar-refractivity contribution in [3.05, 3.63) is 34.9 Å². The highest BCUT2D eigenvalue weighted by Crippen LogP contribution is 2.35. The molecule has 1 saturated carbocycles. The normalized spacial score (nSPS) is 23.2. The van der Waals surface area contributed by atoms with Gasteiger partial charge in [0.1, 0.15) is 0 Å². The van der Waals surface area contributed by atoms with E-state index in [4.69, 9.17) is 11.6 Å². The number of nitrogens with one attached hydrogen (secondary N) is 1. The molecule has 31 heavy (non-hydrogen) atoms. The molecule has 1 heterocycles. The molecule has 1 aliphatic heterocycles. The predicted octanol–water partition coefficient (Wildman–Crippen LogP) is 4.50. The van der Waals surface area contributed by atoms with Gasteiger partial charge in [0.2, 0.25) is 5.91 Å². The van der Waals surface area contributed by atoms with E-state index in [1.165, 1.54) is 0 Å². The Bertz CT molecular complexity index is 839. The Morgan fingerprint density at radius 3 is 2.55 bits per heavy atom. The minimum absolute atomic E-state index is 0.218. The third kappa shape index (κ3) is 5.34. The number of β-lactam (4-membered cyclic amide) rings is 1. The third-order valence-corrected chi connectivity index (χ3v) is 6.50. The fourth-order valence-corrected chi connectivity index (χ4v) is 4.89. The molecule has 0 bridgehead atoms. The molecule has 3 atom stereocenters. The van der Waals surface area contributed by atoms with E-state index >= 15 is 0 Å². The van der Waals surface area contributed by atoms with E-state index in [2.05, 4.69) is 5.32 Å². The van der Waals surface area contributed by atoms with Gasteiger partial charge in [-0.15, -0.1) is 0 Å². The van der Waals surface area contributed by atoms with E-state index in [0.29, 0.717) is 29.2 Å². The quantitative estimate of drug-likeness (QED) is 0.591. The number of imide groups is 1. The smallest absolute Gasteiger partial charge is 0.327 e. The summed E-state index contributed by atoms with van der Waals surface area (Å²) in [6.07, 6.45) is 4.33. The van der Waals surface area contributed by atoms with E-state index in [1.807, 2.05) is 6.07 Å². The summed E-state index contributed by atoms with van der Waals surface area (Å²) < 4.78 is 28.5. The molecule has 6 nitrogen and oxygen atoms in total.